The molecule has 176 valence electrons. The Morgan fingerprint density at radius 3 is 2.32 bits per heavy atom. The number of anilines is 1. The molecule has 1 N–H and O–H groups in total. The van der Waals surface area contributed by atoms with Crippen molar-refractivity contribution >= 4 is 52.5 Å². The third-order valence-electron chi connectivity index (χ3n) is 6.18. The molecule has 1 aromatic heterocycles. The van der Waals surface area contributed by atoms with Crippen molar-refractivity contribution in [2.24, 2.45) is 0 Å². The second kappa shape index (κ2) is 10.2. The SMILES string of the molecule is CN(C(=O)c1ccc(Cl)cc1)[C@@H]1CCN(c2ccc(C(=O)O)cn2)C[C@H]1c1ccc(Cl)c(Cl)c1. The Kier molecular flexibility index (Phi) is 7.31. The number of likely N-dealkylation sites (N-methyl/N-ethyl adjacent to an activating group) is 1. The van der Waals surface area contributed by atoms with Gasteiger partial charge in [-0.1, -0.05) is 40.9 Å². The fourth-order valence-corrected chi connectivity index (χ4v) is 4.76. The lowest BCUT2D eigenvalue weighted by molar-refractivity contribution is 0.0683. The largest absolute Gasteiger partial charge is 0.478 e. The predicted octanol–water partition coefficient (Wildman–Crippen LogP) is 5.87. The van der Waals surface area contributed by atoms with Gasteiger partial charge in [0.1, 0.15) is 5.82 Å². The zero-order valence-corrected chi connectivity index (χ0v) is 20.6. The molecule has 1 fully saturated rings. The van der Waals surface area contributed by atoms with Crippen LogP contribution in [-0.4, -0.2) is 53.0 Å². The highest BCUT2D eigenvalue weighted by atomic mass is 35.5. The number of amides is 1. The molecule has 2 aromatic carbocycles. The first kappa shape index (κ1) is 24.3. The van der Waals surface area contributed by atoms with E-state index in [0.29, 0.717) is 46.0 Å². The molecule has 1 amide bonds. The summed E-state index contributed by atoms with van der Waals surface area (Å²) < 4.78 is 0. The number of hydrogen-bond donors (Lipinski definition) is 1. The monoisotopic (exact) mass is 517 g/mol. The van der Waals surface area contributed by atoms with E-state index in [1.54, 1.807) is 47.4 Å². The molecule has 0 radical (unpaired) electrons. The molecule has 2 atom stereocenters. The van der Waals surface area contributed by atoms with Crippen molar-refractivity contribution in [3.63, 3.8) is 0 Å². The van der Waals surface area contributed by atoms with Crippen molar-refractivity contribution in [1.29, 1.82) is 0 Å². The lowest BCUT2D eigenvalue weighted by Gasteiger charge is -2.43. The van der Waals surface area contributed by atoms with Crippen LogP contribution in [0.2, 0.25) is 15.1 Å². The number of pyridine rings is 1. The molecule has 6 nitrogen and oxygen atoms in total. The number of halogens is 3. The van der Waals surface area contributed by atoms with Crippen molar-refractivity contribution in [3.05, 3.63) is 92.6 Å². The van der Waals surface area contributed by atoms with Crippen LogP contribution >= 0.6 is 34.8 Å². The maximum atomic E-state index is 13.3. The maximum absolute atomic E-state index is 13.3. The smallest absolute Gasteiger partial charge is 0.337 e. The summed E-state index contributed by atoms with van der Waals surface area (Å²) in [6, 6.07) is 15.5. The van der Waals surface area contributed by atoms with Gasteiger partial charge in [-0.05, 0) is 60.5 Å². The third-order valence-corrected chi connectivity index (χ3v) is 7.17. The number of piperidine rings is 1. The number of carboxylic acid groups (broad SMARTS) is 1. The van der Waals surface area contributed by atoms with E-state index in [-0.39, 0.29) is 23.4 Å². The van der Waals surface area contributed by atoms with Crippen molar-refractivity contribution in [2.45, 2.75) is 18.4 Å². The van der Waals surface area contributed by atoms with Crippen LogP contribution < -0.4 is 4.90 Å². The number of carboxylic acids is 1. The van der Waals surface area contributed by atoms with Crippen molar-refractivity contribution in [3.8, 4) is 0 Å². The average molecular weight is 519 g/mol. The molecule has 0 aliphatic carbocycles. The highest BCUT2D eigenvalue weighted by Crippen LogP contribution is 2.35. The normalized spacial score (nSPS) is 17.9. The van der Waals surface area contributed by atoms with Crippen LogP contribution in [0.5, 0.6) is 0 Å². The fourth-order valence-electron chi connectivity index (χ4n) is 4.33. The third kappa shape index (κ3) is 5.14. The van der Waals surface area contributed by atoms with Gasteiger partial charge in [0.05, 0.1) is 15.6 Å². The minimum absolute atomic E-state index is 0.0780. The van der Waals surface area contributed by atoms with Crippen LogP contribution in [-0.2, 0) is 0 Å². The summed E-state index contributed by atoms with van der Waals surface area (Å²) >= 11 is 18.5. The van der Waals surface area contributed by atoms with E-state index in [9.17, 15) is 9.59 Å². The van der Waals surface area contributed by atoms with E-state index >= 15 is 0 Å². The molecule has 0 unspecified atom stereocenters. The van der Waals surface area contributed by atoms with Gasteiger partial charge in [-0.2, -0.15) is 0 Å². The van der Waals surface area contributed by atoms with Crippen molar-refractivity contribution in [2.75, 3.05) is 25.0 Å². The summed E-state index contributed by atoms with van der Waals surface area (Å²) in [5, 5.41) is 10.6. The lowest BCUT2D eigenvalue weighted by atomic mass is 9.84. The first-order valence-electron chi connectivity index (χ1n) is 10.7. The molecule has 4 rings (SSSR count). The number of carbonyl (C=O) groups excluding carboxylic acids is 1. The average Bonchev–Trinajstić information content (AvgIpc) is 2.85. The molecular weight excluding hydrogens is 497 g/mol. The van der Waals surface area contributed by atoms with Gasteiger partial charge in [-0.15, -0.1) is 0 Å². The van der Waals surface area contributed by atoms with Crippen LogP contribution in [0.3, 0.4) is 0 Å². The van der Waals surface area contributed by atoms with Gasteiger partial charge in [0.15, 0.2) is 0 Å². The van der Waals surface area contributed by atoms with Gasteiger partial charge in [-0.3, -0.25) is 4.79 Å². The standard InChI is InChI=1S/C25H22Cl3N3O3/c1-30(24(32)15-2-6-18(26)7-3-15)22-10-11-31(23-9-5-17(13-29-23)25(33)34)14-19(22)16-4-8-20(27)21(28)12-16/h2-9,12-13,19,22H,10-11,14H2,1H3,(H,33,34)/t19-,22+/m0/s1. The van der Waals surface area contributed by atoms with Gasteiger partial charge in [0.2, 0.25) is 0 Å². The van der Waals surface area contributed by atoms with Crippen LogP contribution in [0.25, 0.3) is 0 Å². The molecule has 1 saturated heterocycles. The second-order valence-electron chi connectivity index (χ2n) is 8.22. The van der Waals surface area contributed by atoms with E-state index in [2.05, 4.69) is 9.88 Å². The molecule has 0 spiro atoms. The van der Waals surface area contributed by atoms with Crippen molar-refractivity contribution in [1.82, 2.24) is 9.88 Å². The van der Waals surface area contributed by atoms with Gasteiger partial charge >= 0.3 is 5.97 Å². The molecule has 9 heteroatoms. The number of rotatable bonds is 5. The number of carbonyl (C=O) groups is 2. The first-order valence-corrected chi connectivity index (χ1v) is 11.8. The molecule has 1 aliphatic heterocycles. The van der Waals surface area contributed by atoms with E-state index in [1.807, 2.05) is 19.2 Å². The highest BCUT2D eigenvalue weighted by Gasteiger charge is 2.36. The second-order valence-corrected chi connectivity index (χ2v) is 9.47. The lowest BCUT2D eigenvalue weighted by Crippen LogP contribution is -2.50. The first-order chi connectivity index (χ1) is 16.2. The van der Waals surface area contributed by atoms with Gasteiger partial charge < -0.3 is 14.9 Å². The molecule has 0 bridgehead atoms. The number of aromatic carboxylic acids is 1. The molecular formula is C25H22Cl3N3O3. The molecule has 2 heterocycles. The van der Waals surface area contributed by atoms with Crippen LogP contribution in [0.15, 0.2) is 60.8 Å². The highest BCUT2D eigenvalue weighted by molar-refractivity contribution is 6.42. The van der Waals surface area contributed by atoms with Crippen LogP contribution in [0.4, 0.5) is 5.82 Å². The topological polar surface area (TPSA) is 73.7 Å². The number of aromatic nitrogens is 1. The minimum Gasteiger partial charge on any atom is -0.478 e. The van der Waals surface area contributed by atoms with Crippen LogP contribution in [0.1, 0.15) is 38.6 Å². The van der Waals surface area contributed by atoms with E-state index < -0.39 is 5.97 Å². The summed E-state index contributed by atoms with van der Waals surface area (Å²) in [6.07, 6.45) is 2.04. The number of hydrogen-bond acceptors (Lipinski definition) is 4. The predicted molar refractivity (Wildman–Crippen MR) is 135 cm³/mol. The van der Waals surface area contributed by atoms with E-state index in [1.165, 1.54) is 6.20 Å². The Morgan fingerprint density at radius 2 is 1.71 bits per heavy atom. The van der Waals surface area contributed by atoms with Gasteiger partial charge in [0.25, 0.3) is 5.91 Å². The summed E-state index contributed by atoms with van der Waals surface area (Å²) in [7, 11) is 1.81. The number of nitrogens with zero attached hydrogens (tertiary/aromatic N) is 3. The Hall–Kier alpha value is -2.80. The summed E-state index contributed by atoms with van der Waals surface area (Å²) in [5.74, 6) is -0.510. The quantitative estimate of drug-likeness (QED) is 0.457. The Bertz CT molecular complexity index is 1200. The summed E-state index contributed by atoms with van der Waals surface area (Å²) in [5.41, 5.74) is 1.66. The fraction of sp³-hybridized carbons (Fsp3) is 0.240. The zero-order valence-electron chi connectivity index (χ0n) is 18.3. The zero-order chi connectivity index (χ0) is 24.4. The van der Waals surface area contributed by atoms with Gasteiger partial charge in [0, 0.05) is 48.9 Å². The van der Waals surface area contributed by atoms with Gasteiger partial charge in [-0.25, -0.2) is 9.78 Å². The van der Waals surface area contributed by atoms with E-state index in [4.69, 9.17) is 39.9 Å². The van der Waals surface area contributed by atoms with Crippen molar-refractivity contribution < 1.29 is 14.7 Å². The Labute approximate surface area is 212 Å². The molecule has 3 aromatic rings. The maximum Gasteiger partial charge on any atom is 0.337 e. The Morgan fingerprint density at radius 1 is 1.00 bits per heavy atom. The summed E-state index contributed by atoms with van der Waals surface area (Å²) in [4.78, 5) is 32.7. The van der Waals surface area contributed by atoms with E-state index in [0.717, 1.165) is 5.56 Å². The number of benzene rings is 2. The summed E-state index contributed by atoms with van der Waals surface area (Å²) in [6.45, 7) is 1.22. The molecule has 1 aliphatic rings. The molecule has 34 heavy (non-hydrogen) atoms. The Balaban J connectivity index is 1.64. The molecule has 0 saturated carbocycles. The van der Waals surface area contributed by atoms with Crippen LogP contribution in [0, 0.1) is 0 Å². The minimum atomic E-state index is -1.02.